The zero-order valence-electron chi connectivity index (χ0n) is 13.1. The van der Waals surface area contributed by atoms with Crippen molar-refractivity contribution < 1.29 is 27.8 Å². The zero-order valence-corrected chi connectivity index (χ0v) is 13.1. The molecule has 0 aliphatic carbocycles. The predicted octanol–water partition coefficient (Wildman–Crippen LogP) is 2.94. The summed E-state index contributed by atoms with van der Waals surface area (Å²) in [6, 6.07) is 8.28. The molecule has 7 heteroatoms. The molecule has 0 unspecified atom stereocenters. The SMILES string of the molecule is COC(=O)c1cc(F)cc(NC(=O)Cc2cccc(OC)c2)c1F. The minimum Gasteiger partial charge on any atom is -0.497 e. The molecule has 0 fully saturated rings. The standard InChI is InChI=1S/C17H15F2NO4/c1-23-12-5-3-4-10(6-12)7-15(21)20-14-9-11(18)8-13(16(14)19)17(22)24-2/h3-6,8-9H,7H2,1-2H3,(H,20,21). The summed E-state index contributed by atoms with van der Waals surface area (Å²) in [4.78, 5) is 23.5. The first-order valence-corrected chi connectivity index (χ1v) is 6.94. The second-order valence-electron chi connectivity index (χ2n) is 4.88. The lowest BCUT2D eigenvalue weighted by Crippen LogP contribution is -2.17. The maximum absolute atomic E-state index is 14.2. The fourth-order valence-corrected chi connectivity index (χ4v) is 2.10. The van der Waals surface area contributed by atoms with E-state index in [9.17, 15) is 18.4 Å². The minimum atomic E-state index is -1.05. The second kappa shape index (κ2) is 7.54. The third-order valence-electron chi connectivity index (χ3n) is 3.22. The van der Waals surface area contributed by atoms with Gasteiger partial charge in [0.05, 0.1) is 26.3 Å². The molecule has 24 heavy (non-hydrogen) atoms. The maximum Gasteiger partial charge on any atom is 0.341 e. The first-order chi connectivity index (χ1) is 11.4. The maximum atomic E-state index is 14.2. The van der Waals surface area contributed by atoms with Crippen LogP contribution in [-0.2, 0) is 16.0 Å². The van der Waals surface area contributed by atoms with Crippen molar-refractivity contribution in [3.05, 3.63) is 59.2 Å². The molecule has 0 heterocycles. The highest BCUT2D eigenvalue weighted by Crippen LogP contribution is 2.22. The van der Waals surface area contributed by atoms with E-state index in [0.29, 0.717) is 17.4 Å². The highest BCUT2D eigenvalue weighted by atomic mass is 19.1. The third kappa shape index (κ3) is 4.07. The summed E-state index contributed by atoms with van der Waals surface area (Å²) < 4.78 is 37.2. The fourth-order valence-electron chi connectivity index (χ4n) is 2.10. The van der Waals surface area contributed by atoms with Crippen LogP contribution in [0.15, 0.2) is 36.4 Å². The number of carbonyl (C=O) groups excluding carboxylic acids is 2. The van der Waals surface area contributed by atoms with E-state index in [1.165, 1.54) is 7.11 Å². The summed E-state index contributed by atoms with van der Waals surface area (Å²) in [5.41, 5.74) is -0.380. The van der Waals surface area contributed by atoms with Gasteiger partial charge in [0.2, 0.25) is 5.91 Å². The summed E-state index contributed by atoms with van der Waals surface area (Å²) in [5.74, 6) is -2.94. The first kappa shape index (κ1) is 17.4. The number of nitrogens with one attached hydrogen (secondary N) is 1. The van der Waals surface area contributed by atoms with Crippen molar-refractivity contribution in [1.29, 1.82) is 0 Å². The number of hydrogen-bond donors (Lipinski definition) is 1. The molecule has 5 nitrogen and oxygen atoms in total. The molecule has 1 amide bonds. The van der Waals surface area contributed by atoms with Crippen molar-refractivity contribution in [3.63, 3.8) is 0 Å². The van der Waals surface area contributed by atoms with Crippen molar-refractivity contribution in [1.82, 2.24) is 0 Å². The van der Waals surface area contributed by atoms with E-state index in [2.05, 4.69) is 10.1 Å². The van der Waals surface area contributed by atoms with Crippen LogP contribution in [-0.4, -0.2) is 26.1 Å². The summed E-state index contributed by atoms with van der Waals surface area (Å²) >= 11 is 0. The Morgan fingerprint density at radius 3 is 2.54 bits per heavy atom. The molecule has 0 aliphatic heterocycles. The van der Waals surface area contributed by atoms with Gasteiger partial charge in [0.15, 0.2) is 5.82 Å². The van der Waals surface area contributed by atoms with Crippen molar-refractivity contribution in [3.8, 4) is 5.75 Å². The number of carbonyl (C=O) groups is 2. The smallest absolute Gasteiger partial charge is 0.341 e. The molecule has 0 bridgehead atoms. The van der Waals surface area contributed by atoms with Gasteiger partial charge in [0.1, 0.15) is 17.1 Å². The molecule has 0 aliphatic rings. The lowest BCUT2D eigenvalue weighted by atomic mass is 10.1. The van der Waals surface area contributed by atoms with Gasteiger partial charge in [-0.25, -0.2) is 13.6 Å². The van der Waals surface area contributed by atoms with Crippen LogP contribution in [0.4, 0.5) is 14.5 Å². The van der Waals surface area contributed by atoms with Gasteiger partial charge in [-0.1, -0.05) is 12.1 Å². The van der Waals surface area contributed by atoms with E-state index in [1.54, 1.807) is 24.3 Å². The minimum absolute atomic E-state index is 0.0687. The van der Waals surface area contributed by atoms with E-state index in [1.807, 2.05) is 0 Å². The first-order valence-electron chi connectivity index (χ1n) is 6.94. The monoisotopic (exact) mass is 335 g/mol. The van der Waals surface area contributed by atoms with Gasteiger partial charge in [0, 0.05) is 6.07 Å². The molecule has 1 N–H and O–H groups in total. The summed E-state index contributed by atoms with van der Waals surface area (Å²) in [6.07, 6.45) is -0.0687. The van der Waals surface area contributed by atoms with Gasteiger partial charge in [-0.2, -0.15) is 0 Å². The van der Waals surface area contributed by atoms with Crippen LogP contribution >= 0.6 is 0 Å². The topological polar surface area (TPSA) is 64.6 Å². The summed E-state index contributed by atoms with van der Waals surface area (Å²) in [6.45, 7) is 0. The molecule has 0 aromatic heterocycles. The Hall–Kier alpha value is -2.96. The van der Waals surface area contributed by atoms with Crippen LogP contribution in [0.25, 0.3) is 0 Å². The number of esters is 1. The number of methoxy groups -OCH3 is 2. The molecular formula is C17H15F2NO4. The van der Waals surface area contributed by atoms with Crippen LogP contribution in [0, 0.1) is 11.6 Å². The Bertz CT molecular complexity index is 777. The number of ether oxygens (including phenoxy) is 2. The molecule has 0 radical (unpaired) electrons. The summed E-state index contributed by atoms with van der Waals surface area (Å²) in [5, 5.41) is 2.25. The number of hydrogen-bond acceptors (Lipinski definition) is 4. The Morgan fingerprint density at radius 2 is 1.88 bits per heavy atom. The molecule has 2 aromatic carbocycles. The molecule has 0 saturated heterocycles. The zero-order chi connectivity index (χ0) is 17.7. The van der Waals surface area contributed by atoms with Crippen LogP contribution < -0.4 is 10.1 Å². The normalized spacial score (nSPS) is 10.2. The summed E-state index contributed by atoms with van der Waals surface area (Å²) in [7, 11) is 2.55. The van der Waals surface area contributed by atoms with E-state index >= 15 is 0 Å². The van der Waals surface area contributed by atoms with E-state index in [4.69, 9.17) is 4.74 Å². The predicted molar refractivity (Wildman–Crippen MR) is 83.0 cm³/mol. The number of halogens is 2. The van der Waals surface area contributed by atoms with Crippen LogP contribution in [0.5, 0.6) is 5.75 Å². The molecule has 2 aromatic rings. The third-order valence-corrected chi connectivity index (χ3v) is 3.22. The highest BCUT2D eigenvalue weighted by molar-refractivity contribution is 5.95. The largest absolute Gasteiger partial charge is 0.497 e. The molecule has 126 valence electrons. The van der Waals surface area contributed by atoms with Crippen molar-refractivity contribution in [2.75, 3.05) is 19.5 Å². The van der Waals surface area contributed by atoms with Gasteiger partial charge in [0.25, 0.3) is 0 Å². The van der Waals surface area contributed by atoms with Crippen molar-refractivity contribution in [2.45, 2.75) is 6.42 Å². The lowest BCUT2D eigenvalue weighted by molar-refractivity contribution is -0.115. The Morgan fingerprint density at radius 1 is 1.12 bits per heavy atom. The Kier molecular flexibility index (Phi) is 5.47. The fraction of sp³-hybridized carbons (Fsp3) is 0.176. The average Bonchev–Trinajstić information content (AvgIpc) is 2.57. The van der Waals surface area contributed by atoms with Gasteiger partial charge >= 0.3 is 5.97 Å². The van der Waals surface area contributed by atoms with Crippen molar-refractivity contribution >= 4 is 17.6 Å². The van der Waals surface area contributed by atoms with Crippen LogP contribution in [0.3, 0.4) is 0 Å². The molecular weight excluding hydrogens is 320 g/mol. The quantitative estimate of drug-likeness (QED) is 0.853. The van der Waals surface area contributed by atoms with E-state index in [-0.39, 0.29) is 6.42 Å². The molecule has 0 atom stereocenters. The van der Waals surface area contributed by atoms with Gasteiger partial charge in [-0.05, 0) is 23.8 Å². The second-order valence-corrected chi connectivity index (χ2v) is 4.88. The average molecular weight is 335 g/mol. The number of amides is 1. The number of anilines is 1. The molecule has 0 spiro atoms. The Labute approximate surface area is 137 Å². The molecule has 0 saturated carbocycles. The Balaban J connectivity index is 2.19. The van der Waals surface area contributed by atoms with E-state index in [0.717, 1.165) is 13.2 Å². The van der Waals surface area contributed by atoms with Crippen LogP contribution in [0.1, 0.15) is 15.9 Å². The van der Waals surface area contributed by atoms with Gasteiger partial charge in [-0.15, -0.1) is 0 Å². The molecule has 2 rings (SSSR count). The highest BCUT2D eigenvalue weighted by Gasteiger charge is 2.19. The van der Waals surface area contributed by atoms with Gasteiger partial charge < -0.3 is 14.8 Å². The lowest BCUT2D eigenvalue weighted by Gasteiger charge is -2.10. The van der Waals surface area contributed by atoms with Crippen LogP contribution in [0.2, 0.25) is 0 Å². The van der Waals surface area contributed by atoms with Crippen molar-refractivity contribution in [2.24, 2.45) is 0 Å². The number of rotatable bonds is 5. The number of benzene rings is 2. The van der Waals surface area contributed by atoms with E-state index < -0.39 is 34.8 Å². The van der Waals surface area contributed by atoms with Gasteiger partial charge in [-0.3, -0.25) is 4.79 Å².